The van der Waals surface area contributed by atoms with Crippen molar-refractivity contribution in [1.29, 1.82) is 0 Å². The second kappa shape index (κ2) is 8.53. The Balaban J connectivity index is 1.52. The summed E-state index contributed by atoms with van der Waals surface area (Å²) in [7, 11) is 1.68. The Hall–Kier alpha value is -2.80. The van der Waals surface area contributed by atoms with E-state index in [4.69, 9.17) is 0 Å². The van der Waals surface area contributed by atoms with Crippen molar-refractivity contribution in [3.05, 3.63) is 70.8 Å². The van der Waals surface area contributed by atoms with Crippen molar-refractivity contribution < 1.29 is 4.79 Å². The number of carbonyl (C=O) groups excluding carboxylic acids is 1. The fourth-order valence-electron chi connectivity index (χ4n) is 2.48. The number of rotatable bonds is 6. The molecule has 3 aromatic rings. The van der Waals surface area contributed by atoms with Gasteiger partial charge in [-0.2, -0.15) is 0 Å². The molecule has 26 heavy (non-hydrogen) atoms. The molecule has 134 valence electrons. The molecule has 0 bridgehead atoms. The number of urea groups is 1. The zero-order valence-corrected chi connectivity index (χ0v) is 15.3. The Bertz CT molecular complexity index is 943. The molecule has 0 saturated heterocycles. The normalized spacial score (nSPS) is 10.7. The van der Waals surface area contributed by atoms with Gasteiger partial charge in [-0.25, -0.2) is 9.78 Å². The average Bonchev–Trinajstić information content (AvgIpc) is 2.66. The SMILES string of the molecule is CN(Cc1nc2ccccc2c(=O)[nH]1)C(=O)NCCSc1ccccc1. The van der Waals surface area contributed by atoms with E-state index in [0.717, 1.165) is 5.75 Å². The number of nitrogens with one attached hydrogen (secondary N) is 2. The Kier molecular flexibility index (Phi) is 5.91. The number of thioether (sulfide) groups is 1. The van der Waals surface area contributed by atoms with E-state index in [1.165, 1.54) is 9.80 Å². The van der Waals surface area contributed by atoms with Gasteiger partial charge in [0, 0.05) is 24.2 Å². The van der Waals surface area contributed by atoms with Crippen LogP contribution >= 0.6 is 11.8 Å². The molecule has 0 radical (unpaired) electrons. The minimum Gasteiger partial charge on any atom is -0.337 e. The maximum absolute atomic E-state index is 12.2. The number of hydrogen-bond donors (Lipinski definition) is 2. The molecule has 0 aliphatic carbocycles. The number of nitrogens with zero attached hydrogens (tertiary/aromatic N) is 2. The molecule has 2 aromatic carbocycles. The van der Waals surface area contributed by atoms with E-state index in [1.807, 2.05) is 36.4 Å². The van der Waals surface area contributed by atoms with Gasteiger partial charge in [-0.1, -0.05) is 30.3 Å². The zero-order chi connectivity index (χ0) is 18.4. The van der Waals surface area contributed by atoms with E-state index >= 15 is 0 Å². The first-order valence-corrected chi connectivity index (χ1v) is 9.27. The van der Waals surface area contributed by atoms with Gasteiger partial charge >= 0.3 is 6.03 Å². The third-order valence-corrected chi connectivity index (χ3v) is 4.80. The van der Waals surface area contributed by atoms with Crippen molar-refractivity contribution in [2.45, 2.75) is 11.4 Å². The highest BCUT2D eigenvalue weighted by Crippen LogP contribution is 2.15. The molecular weight excluding hydrogens is 348 g/mol. The first-order chi connectivity index (χ1) is 12.6. The molecule has 6 nitrogen and oxygen atoms in total. The minimum absolute atomic E-state index is 0.196. The molecule has 3 rings (SSSR count). The van der Waals surface area contributed by atoms with Crippen molar-refractivity contribution in [3.8, 4) is 0 Å². The molecule has 2 N–H and O–H groups in total. The number of benzene rings is 2. The summed E-state index contributed by atoms with van der Waals surface area (Å²) in [5.41, 5.74) is 0.429. The summed E-state index contributed by atoms with van der Waals surface area (Å²) in [6.07, 6.45) is 0. The van der Waals surface area contributed by atoms with E-state index < -0.39 is 0 Å². The van der Waals surface area contributed by atoms with Gasteiger partial charge < -0.3 is 15.2 Å². The summed E-state index contributed by atoms with van der Waals surface area (Å²) in [5, 5.41) is 3.41. The molecule has 0 aliphatic rings. The fraction of sp³-hybridized carbons (Fsp3) is 0.211. The van der Waals surface area contributed by atoms with Gasteiger partial charge in [-0.05, 0) is 24.3 Å². The van der Waals surface area contributed by atoms with E-state index in [-0.39, 0.29) is 18.1 Å². The maximum Gasteiger partial charge on any atom is 0.317 e. The second-order valence-electron chi connectivity index (χ2n) is 5.78. The third-order valence-electron chi connectivity index (χ3n) is 3.79. The topological polar surface area (TPSA) is 78.1 Å². The monoisotopic (exact) mass is 368 g/mol. The molecule has 0 fully saturated rings. The highest BCUT2D eigenvalue weighted by Gasteiger charge is 2.11. The van der Waals surface area contributed by atoms with Gasteiger partial charge in [0.15, 0.2) is 0 Å². The number of para-hydroxylation sites is 1. The predicted molar refractivity (Wildman–Crippen MR) is 104 cm³/mol. The van der Waals surface area contributed by atoms with Gasteiger partial charge in [0.05, 0.1) is 17.4 Å². The van der Waals surface area contributed by atoms with Crippen LogP contribution in [0.1, 0.15) is 5.82 Å². The molecule has 1 heterocycles. The van der Waals surface area contributed by atoms with Crippen LogP contribution in [0.5, 0.6) is 0 Å². The molecular formula is C19H20N4O2S. The summed E-state index contributed by atoms with van der Waals surface area (Å²) >= 11 is 1.69. The Morgan fingerprint density at radius 3 is 2.69 bits per heavy atom. The number of aromatic nitrogens is 2. The second-order valence-corrected chi connectivity index (χ2v) is 6.95. The van der Waals surface area contributed by atoms with E-state index in [2.05, 4.69) is 15.3 Å². The van der Waals surface area contributed by atoms with Gasteiger partial charge in [0.2, 0.25) is 0 Å². The fourth-order valence-corrected chi connectivity index (χ4v) is 3.27. The molecule has 0 atom stereocenters. The molecule has 0 unspecified atom stereocenters. The minimum atomic E-state index is -0.200. The van der Waals surface area contributed by atoms with Crippen molar-refractivity contribution in [3.63, 3.8) is 0 Å². The van der Waals surface area contributed by atoms with Crippen LogP contribution in [0.2, 0.25) is 0 Å². The number of H-pyrrole nitrogens is 1. The lowest BCUT2D eigenvalue weighted by Gasteiger charge is -2.17. The average molecular weight is 368 g/mol. The first-order valence-electron chi connectivity index (χ1n) is 8.28. The van der Waals surface area contributed by atoms with E-state index in [1.54, 1.807) is 37.0 Å². The summed E-state index contributed by atoms with van der Waals surface area (Å²) in [5.74, 6) is 1.25. The number of fused-ring (bicyclic) bond motifs is 1. The highest BCUT2D eigenvalue weighted by molar-refractivity contribution is 7.99. The molecule has 0 spiro atoms. The molecule has 1 aromatic heterocycles. The van der Waals surface area contributed by atoms with Crippen molar-refractivity contribution >= 4 is 28.7 Å². The van der Waals surface area contributed by atoms with Crippen LogP contribution in [0.4, 0.5) is 4.79 Å². The lowest BCUT2D eigenvalue weighted by atomic mass is 10.2. The number of carbonyl (C=O) groups is 1. The summed E-state index contributed by atoms with van der Waals surface area (Å²) in [6.45, 7) is 0.794. The first kappa shape index (κ1) is 18.0. The highest BCUT2D eigenvalue weighted by atomic mass is 32.2. The standard InChI is InChI=1S/C19H20N4O2S/c1-23(19(25)20-11-12-26-14-7-3-2-4-8-14)13-17-21-16-10-6-5-9-15(16)18(24)22-17/h2-10H,11-13H2,1H3,(H,20,25)(H,21,22,24). The van der Waals surface area contributed by atoms with Crippen LogP contribution in [0.3, 0.4) is 0 Å². The number of hydrogen-bond acceptors (Lipinski definition) is 4. The van der Waals surface area contributed by atoms with Crippen LogP contribution in [0.25, 0.3) is 10.9 Å². The quantitative estimate of drug-likeness (QED) is 0.518. The van der Waals surface area contributed by atoms with Crippen LogP contribution < -0.4 is 10.9 Å². The van der Waals surface area contributed by atoms with E-state index in [9.17, 15) is 9.59 Å². The molecule has 0 saturated carbocycles. The summed E-state index contributed by atoms with van der Waals surface area (Å²) < 4.78 is 0. The van der Waals surface area contributed by atoms with Crippen molar-refractivity contribution in [2.75, 3.05) is 19.3 Å². The predicted octanol–water partition coefficient (Wildman–Crippen LogP) is 2.86. The van der Waals surface area contributed by atoms with Gasteiger partial charge in [-0.3, -0.25) is 4.79 Å². The largest absolute Gasteiger partial charge is 0.337 e. The van der Waals surface area contributed by atoms with Gasteiger partial charge in [0.1, 0.15) is 5.82 Å². The summed E-state index contributed by atoms with van der Waals surface area (Å²) in [4.78, 5) is 34.1. The Morgan fingerprint density at radius 1 is 1.15 bits per heavy atom. The third kappa shape index (κ3) is 4.64. The summed E-state index contributed by atoms with van der Waals surface area (Å²) in [6, 6.07) is 17.0. The maximum atomic E-state index is 12.2. The molecule has 2 amide bonds. The molecule has 0 aliphatic heterocycles. The van der Waals surface area contributed by atoms with Gasteiger partial charge in [0.25, 0.3) is 5.56 Å². The Labute approximate surface area is 155 Å². The number of amides is 2. The van der Waals surface area contributed by atoms with Crippen molar-refractivity contribution in [1.82, 2.24) is 20.2 Å². The van der Waals surface area contributed by atoms with E-state index in [0.29, 0.717) is 23.3 Å². The zero-order valence-electron chi connectivity index (χ0n) is 14.4. The Morgan fingerprint density at radius 2 is 1.88 bits per heavy atom. The van der Waals surface area contributed by atoms with Crippen LogP contribution in [0, 0.1) is 0 Å². The number of aromatic amines is 1. The van der Waals surface area contributed by atoms with Gasteiger partial charge in [-0.15, -0.1) is 11.8 Å². The van der Waals surface area contributed by atoms with Crippen LogP contribution in [0.15, 0.2) is 64.3 Å². The van der Waals surface area contributed by atoms with Crippen LogP contribution in [-0.4, -0.2) is 40.2 Å². The van der Waals surface area contributed by atoms with Crippen molar-refractivity contribution in [2.24, 2.45) is 0 Å². The lowest BCUT2D eigenvalue weighted by molar-refractivity contribution is 0.206. The van der Waals surface area contributed by atoms with Crippen LogP contribution in [-0.2, 0) is 6.54 Å². The molecule has 7 heteroatoms. The smallest absolute Gasteiger partial charge is 0.317 e. The lowest BCUT2D eigenvalue weighted by Crippen LogP contribution is -2.38.